The standard InChI is InChI=1S/C18H25N7OS2.C2H6/c1-5-7-10-25-13-14(21-16(25)24-11-8-19-9-12-24)22-17(23(3)15(13)26)28-18(27-4)20-6-2;1-2/h19H,6,8-12H2,1-4H3;1-2H3. The highest BCUT2D eigenvalue weighted by Gasteiger charge is 2.23. The fourth-order valence-corrected chi connectivity index (χ4v) is 4.50. The first-order chi connectivity index (χ1) is 14.6. The van der Waals surface area contributed by atoms with Crippen molar-refractivity contribution in [3.8, 4) is 11.8 Å². The lowest BCUT2D eigenvalue weighted by Crippen LogP contribution is -2.44. The van der Waals surface area contributed by atoms with Gasteiger partial charge in [-0.25, -0.2) is 4.98 Å². The molecule has 2 aromatic heterocycles. The van der Waals surface area contributed by atoms with Crippen molar-refractivity contribution in [1.82, 2.24) is 24.4 Å². The third kappa shape index (κ3) is 5.39. The molecule has 0 atom stereocenters. The molecule has 1 fully saturated rings. The summed E-state index contributed by atoms with van der Waals surface area (Å²) in [5.74, 6) is 6.74. The molecule has 3 heterocycles. The Morgan fingerprint density at radius 3 is 2.57 bits per heavy atom. The summed E-state index contributed by atoms with van der Waals surface area (Å²) >= 11 is 2.95. The van der Waals surface area contributed by atoms with E-state index in [0.717, 1.165) is 36.5 Å². The molecule has 0 aromatic carbocycles. The molecule has 1 N–H and O–H groups in total. The maximum atomic E-state index is 13.2. The number of rotatable bonds is 4. The molecule has 0 unspecified atom stereocenters. The molecule has 0 bridgehead atoms. The van der Waals surface area contributed by atoms with Crippen molar-refractivity contribution in [2.45, 2.75) is 39.4 Å². The zero-order valence-electron chi connectivity index (χ0n) is 18.7. The Hall–Kier alpha value is -1.96. The number of aromatic nitrogens is 4. The zero-order chi connectivity index (χ0) is 22.1. The Labute approximate surface area is 186 Å². The molecule has 0 amide bonds. The van der Waals surface area contributed by atoms with E-state index < -0.39 is 0 Å². The van der Waals surface area contributed by atoms with Crippen LogP contribution in [0.15, 0.2) is 14.9 Å². The summed E-state index contributed by atoms with van der Waals surface area (Å²) in [6.07, 6.45) is 1.97. The predicted octanol–water partition coefficient (Wildman–Crippen LogP) is 2.42. The van der Waals surface area contributed by atoms with E-state index in [4.69, 9.17) is 9.97 Å². The highest BCUT2D eigenvalue weighted by Crippen LogP contribution is 2.25. The summed E-state index contributed by atoms with van der Waals surface area (Å²) in [5, 5.41) is 3.94. The minimum Gasteiger partial charge on any atom is -0.340 e. The molecule has 0 spiro atoms. The fraction of sp³-hybridized carbons (Fsp3) is 0.600. The fourth-order valence-electron chi connectivity index (χ4n) is 2.98. The topological polar surface area (TPSA) is 80.3 Å². The van der Waals surface area contributed by atoms with Gasteiger partial charge in [0.25, 0.3) is 5.56 Å². The van der Waals surface area contributed by atoms with Gasteiger partial charge in [0.2, 0.25) is 5.95 Å². The van der Waals surface area contributed by atoms with Crippen LogP contribution in [0.5, 0.6) is 0 Å². The SMILES string of the molecule is CC.CC#CCn1c(N2CCNCC2)nc2nc(SC(=NCC)SC)n(C)c(=O)c21. The Balaban J connectivity index is 0.00000155. The van der Waals surface area contributed by atoms with Gasteiger partial charge in [-0.15, -0.1) is 17.7 Å². The summed E-state index contributed by atoms with van der Waals surface area (Å²) in [6, 6.07) is 0. The van der Waals surface area contributed by atoms with Crippen LogP contribution >= 0.6 is 23.5 Å². The molecule has 0 aliphatic carbocycles. The van der Waals surface area contributed by atoms with Crippen molar-refractivity contribution >= 4 is 45.0 Å². The van der Waals surface area contributed by atoms with Gasteiger partial charge in [-0.1, -0.05) is 19.8 Å². The highest BCUT2D eigenvalue weighted by molar-refractivity contribution is 8.38. The summed E-state index contributed by atoms with van der Waals surface area (Å²) < 4.78 is 4.35. The van der Waals surface area contributed by atoms with Crippen molar-refractivity contribution in [3.63, 3.8) is 0 Å². The molecule has 2 aromatic rings. The van der Waals surface area contributed by atoms with E-state index in [1.807, 2.05) is 31.6 Å². The summed E-state index contributed by atoms with van der Waals surface area (Å²) in [6.45, 7) is 12.4. The van der Waals surface area contributed by atoms with E-state index in [9.17, 15) is 4.79 Å². The van der Waals surface area contributed by atoms with Crippen molar-refractivity contribution in [2.75, 3.05) is 43.9 Å². The van der Waals surface area contributed by atoms with Gasteiger partial charge in [-0.2, -0.15) is 4.98 Å². The van der Waals surface area contributed by atoms with Gasteiger partial charge in [0.05, 0.1) is 6.54 Å². The maximum absolute atomic E-state index is 13.2. The monoisotopic (exact) mass is 449 g/mol. The molecular weight excluding hydrogens is 418 g/mol. The Morgan fingerprint density at radius 1 is 1.27 bits per heavy atom. The number of piperazine rings is 1. The molecule has 0 saturated carbocycles. The second-order valence-corrected chi connectivity index (χ2v) is 8.15. The molecule has 1 saturated heterocycles. The molecule has 1 aliphatic heterocycles. The first-order valence-corrected chi connectivity index (χ1v) is 12.2. The number of anilines is 1. The number of nitrogens with one attached hydrogen (secondary N) is 1. The number of nitrogens with zero attached hydrogens (tertiary/aromatic N) is 6. The van der Waals surface area contributed by atoms with Crippen LogP contribution in [0.4, 0.5) is 5.95 Å². The molecule has 30 heavy (non-hydrogen) atoms. The molecular formula is C20H31N7OS2. The van der Waals surface area contributed by atoms with Crippen LogP contribution in [0.25, 0.3) is 11.2 Å². The molecule has 3 rings (SSSR count). The number of aliphatic imine (C=N–C) groups is 1. The van der Waals surface area contributed by atoms with Gasteiger partial charge in [-0.05, 0) is 31.9 Å². The Bertz CT molecular complexity index is 994. The van der Waals surface area contributed by atoms with E-state index in [1.165, 1.54) is 11.8 Å². The number of fused-ring (bicyclic) bond motifs is 1. The second-order valence-electron chi connectivity index (χ2n) is 6.14. The van der Waals surface area contributed by atoms with Crippen molar-refractivity contribution in [1.29, 1.82) is 0 Å². The average molecular weight is 450 g/mol. The van der Waals surface area contributed by atoms with E-state index in [2.05, 4.69) is 27.0 Å². The van der Waals surface area contributed by atoms with Crippen LogP contribution < -0.4 is 15.8 Å². The third-order valence-electron chi connectivity index (χ3n) is 4.38. The van der Waals surface area contributed by atoms with E-state index in [-0.39, 0.29) is 5.56 Å². The third-order valence-corrected chi connectivity index (χ3v) is 6.46. The molecule has 1 aliphatic rings. The van der Waals surface area contributed by atoms with Gasteiger partial charge in [-0.3, -0.25) is 18.9 Å². The normalized spacial score (nSPS) is 14.2. The van der Waals surface area contributed by atoms with Gasteiger partial charge in [0, 0.05) is 39.8 Å². The van der Waals surface area contributed by atoms with Crippen LogP contribution in [0.1, 0.15) is 27.7 Å². The number of hydrogen-bond acceptors (Lipinski definition) is 8. The average Bonchev–Trinajstić information content (AvgIpc) is 3.15. The first-order valence-electron chi connectivity index (χ1n) is 10.2. The Kier molecular flexibility index (Phi) is 9.75. The molecule has 164 valence electrons. The predicted molar refractivity (Wildman–Crippen MR) is 130 cm³/mol. The summed E-state index contributed by atoms with van der Waals surface area (Å²) in [7, 11) is 1.74. The summed E-state index contributed by atoms with van der Waals surface area (Å²) in [4.78, 5) is 29.3. The van der Waals surface area contributed by atoms with E-state index >= 15 is 0 Å². The number of imidazole rings is 1. The largest absolute Gasteiger partial charge is 0.340 e. The van der Waals surface area contributed by atoms with Gasteiger partial charge in [0.1, 0.15) is 4.38 Å². The molecule has 8 nitrogen and oxygen atoms in total. The lowest BCUT2D eigenvalue weighted by atomic mass is 10.4. The van der Waals surface area contributed by atoms with Crippen molar-refractivity contribution in [2.24, 2.45) is 12.0 Å². The number of thioether (sulfide) groups is 2. The number of hydrogen-bond donors (Lipinski definition) is 1. The van der Waals surface area contributed by atoms with Crippen molar-refractivity contribution in [3.05, 3.63) is 10.4 Å². The Morgan fingerprint density at radius 2 is 1.97 bits per heavy atom. The van der Waals surface area contributed by atoms with Gasteiger partial charge in [0.15, 0.2) is 16.3 Å². The molecule has 10 heteroatoms. The van der Waals surface area contributed by atoms with Crippen LogP contribution in [0.3, 0.4) is 0 Å². The molecule has 0 radical (unpaired) electrons. The second kappa shape index (κ2) is 12.0. The minimum atomic E-state index is -0.115. The quantitative estimate of drug-likeness (QED) is 0.252. The van der Waals surface area contributed by atoms with E-state index in [0.29, 0.717) is 29.4 Å². The lowest BCUT2D eigenvalue weighted by Gasteiger charge is -2.28. The van der Waals surface area contributed by atoms with Crippen LogP contribution in [0.2, 0.25) is 0 Å². The zero-order valence-corrected chi connectivity index (χ0v) is 20.3. The minimum absolute atomic E-state index is 0.115. The first kappa shape index (κ1) is 24.3. The highest BCUT2D eigenvalue weighted by atomic mass is 32.2. The van der Waals surface area contributed by atoms with E-state index in [1.54, 1.807) is 30.3 Å². The van der Waals surface area contributed by atoms with Crippen LogP contribution in [0, 0.1) is 11.8 Å². The summed E-state index contributed by atoms with van der Waals surface area (Å²) in [5.41, 5.74) is 0.853. The smallest absolute Gasteiger partial charge is 0.280 e. The maximum Gasteiger partial charge on any atom is 0.280 e. The van der Waals surface area contributed by atoms with Crippen LogP contribution in [-0.4, -0.2) is 62.5 Å². The van der Waals surface area contributed by atoms with Gasteiger partial charge >= 0.3 is 0 Å². The van der Waals surface area contributed by atoms with Gasteiger partial charge < -0.3 is 10.2 Å². The lowest BCUT2D eigenvalue weighted by molar-refractivity contribution is 0.573. The van der Waals surface area contributed by atoms with Crippen LogP contribution in [-0.2, 0) is 13.6 Å². The van der Waals surface area contributed by atoms with Crippen molar-refractivity contribution < 1.29 is 0 Å².